The summed E-state index contributed by atoms with van der Waals surface area (Å²) in [6.07, 6.45) is 7.61. The van der Waals surface area contributed by atoms with E-state index in [2.05, 4.69) is 15.2 Å². The summed E-state index contributed by atoms with van der Waals surface area (Å²) in [6.45, 7) is 3.55. The molecule has 1 aromatic carbocycles. The maximum Gasteiger partial charge on any atom is 0.317 e. The number of amides is 2. The van der Waals surface area contributed by atoms with E-state index in [1.54, 1.807) is 12.3 Å². The Kier molecular flexibility index (Phi) is 6.03. The van der Waals surface area contributed by atoms with Crippen molar-refractivity contribution < 1.29 is 9.18 Å². The molecule has 0 atom stereocenters. The van der Waals surface area contributed by atoms with E-state index in [9.17, 15) is 9.18 Å². The second-order valence-corrected chi connectivity index (χ2v) is 8.74. The van der Waals surface area contributed by atoms with Crippen LogP contribution >= 0.6 is 0 Å². The number of hydrogen-bond donors (Lipinski definition) is 1. The first kappa shape index (κ1) is 20.9. The van der Waals surface area contributed by atoms with Crippen molar-refractivity contribution in [1.82, 2.24) is 29.7 Å². The van der Waals surface area contributed by atoms with Crippen LogP contribution in [0.2, 0.25) is 0 Å². The first-order valence-electron chi connectivity index (χ1n) is 11.5. The number of halogens is 1. The molecular formula is C24H29FN6O. The van der Waals surface area contributed by atoms with E-state index >= 15 is 0 Å². The van der Waals surface area contributed by atoms with Gasteiger partial charge in [-0.25, -0.2) is 19.2 Å². The summed E-state index contributed by atoms with van der Waals surface area (Å²) in [7, 11) is 0. The number of imidazole rings is 1. The van der Waals surface area contributed by atoms with Gasteiger partial charge in [0.15, 0.2) is 5.65 Å². The molecule has 8 heteroatoms. The van der Waals surface area contributed by atoms with E-state index in [4.69, 9.17) is 4.98 Å². The van der Waals surface area contributed by atoms with Crippen LogP contribution in [-0.4, -0.2) is 62.6 Å². The highest BCUT2D eigenvalue weighted by atomic mass is 19.1. The molecule has 1 aliphatic heterocycles. The first-order chi connectivity index (χ1) is 15.7. The summed E-state index contributed by atoms with van der Waals surface area (Å²) in [6, 6.07) is 10.7. The highest BCUT2D eigenvalue weighted by Gasteiger charge is 2.25. The van der Waals surface area contributed by atoms with Crippen molar-refractivity contribution in [3.63, 3.8) is 0 Å². The van der Waals surface area contributed by atoms with E-state index in [0.717, 1.165) is 42.9 Å². The van der Waals surface area contributed by atoms with Crippen LogP contribution in [0.3, 0.4) is 0 Å². The highest BCUT2D eigenvalue weighted by molar-refractivity contribution is 5.75. The van der Waals surface area contributed by atoms with E-state index < -0.39 is 0 Å². The standard InChI is InChI=1S/C24H29FN6O/c25-18-6-4-9-20(16-18)31-22(28-21-10-5-11-26-23(21)31)17-29-12-14-30(15-13-29)24(32)27-19-7-2-1-3-8-19/h4-6,9-11,16,19H,1-3,7-8,12-15,17H2,(H,27,32). The van der Waals surface area contributed by atoms with Gasteiger partial charge in [-0.2, -0.15) is 0 Å². The Labute approximate surface area is 187 Å². The normalized spacial score (nSPS) is 18.2. The first-order valence-corrected chi connectivity index (χ1v) is 11.5. The molecule has 5 rings (SSSR count). The fourth-order valence-corrected chi connectivity index (χ4v) is 4.77. The maximum atomic E-state index is 13.9. The molecule has 7 nitrogen and oxygen atoms in total. The number of carbonyl (C=O) groups is 1. The van der Waals surface area contributed by atoms with Crippen molar-refractivity contribution in [2.24, 2.45) is 0 Å². The third-order valence-electron chi connectivity index (χ3n) is 6.51. The predicted octanol–water partition coefficient (Wildman–Crippen LogP) is 3.72. The minimum Gasteiger partial charge on any atom is -0.335 e. The van der Waals surface area contributed by atoms with Crippen LogP contribution in [0.1, 0.15) is 37.9 Å². The largest absolute Gasteiger partial charge is 0.335 e. The molecule has 2 amide bonds. The van der Waals surface area contributed by atoms with Crippen molar-refractivity contribution in [2.75, 3.05) is 26.2 Å². The van der Waals surface area contributed by atoms with Gasteiger partial charge in [-0.1, -0.05) is 25.3 Å². The Morgan fingerprint density at radius 3 is 2.66 bits per heavy atom. The number of carbonyl (C=O) groups excluding carboxylic acids is 1. The van der Waals surface area contributed by atoms with Crippen molar-refractivity contribution in [3.05, 3.63) is 54.2 Å². The summed E-state index contributed by atoms with van der Waals surface area (Å²) in [5.74, 6) is 0.535. The molecule has 1 aliphatic carbocycles. The third kappa shape index (κ3) is 4.46. The number of fused-ring (bicyclic) bond motifs is 1. The number of urea groups is 1. The summed E-state index contributed by atoms with van der Waals surface area (Å²) in [5, 5.41) is 3.21. The predicted molar refractivity (Wildman–Crippen MR) is 121 cm³/mol. The van der Waals surface area contributed by atoms with Crippen molar-refractivity contribution >= 4 is 17.2 Å². The molecule has 168 valence electrons. The monoisotopic (exact) mass is 436 g/mol. The molecule has 1 N–H and O–H groups in total. The molecule has 0 unspecified atom stereocenters. The van der Waals surface area contributed by atoms with Crippen molar-refractivity contribution in [3.8, 4) is 5.69 Å². The highest BCUT2D eigenvalue weighted by Crippen LogP contribution is 2.22. The van der Waals surface area contributed by atoms with Crippen LogP contribution in [0.4, 0.5) is 9.18 Å². The van der Waals surface area contributed by atoms with Gasteiger partial charge >= 0.3 is 6.03 Å². The Balaban J connectivity index is 1.28. The molecular weight excluding hydrogens is 407 g/mol. The number of nitrogens with one attached hydrogen (secondary N) is 1. The zero-order valence-electron chi connectivity index (χ0n) is 18.2. The van der Waals surface area contributed by atoms with Crippen LogP contribution in [0.25, 0.3) is 16.9 Å². The summed E-state index contributed by atoms with van der Waals surface area (Å²) >= 11 is 0. The van der Waals surface area contributed by atoms with Crippen molar-refractivity contribution in [1.29, 1.82) is 0 Å². The van der Waals surface area contributed by atoms with Crippen LogP contribution in [0.15, 0.2) is 42.6 Å². The van der Waals surface area contributed by atoms with Crippen molar-refractivity contribution in [2.45, 2.75) is 44.7 Å². The van der Waals surface area contributed by atoms with E-state index in [1.807, 2.05) is 27.7 Å². The van der Waals surface area contributed by atoms with Gasteiger partial charge in [0, 0.05) is 38.4 Å². The smallest absolute Gasteiger partial charge is 0.317 e. The van der Waals surface area contributed by atoms with Gasteiger partial charge in [0.25, 0.3) is 0 Å². The molecule has 0 bridgehead atoms. The molecule has 1 saturated heterocycles. The van der Waals surface area contributed by atoms with Gasteiger partial charge in [-0.05, 0) is 43.2 Å². The zero-order chi connectivity index (χ0) is 21.9. The van der Waals surface area contributed by atoms with E-state index in [1.165, 1.54) is 31.4 Å². The number of pyridine rings is 1. The van der Waals surface area contributed by atoms with Gasteiger partial charge in [0.2, 0.25) is 0 Å². The lowest BCUT2D eigenvalue weighted by Crippen LogP contribution is -2.53. The lowest BCUT2D eigenvalue weighted by molar-refractivity contribution is 0.130. The molecule has 3 heterocycles. The molecule has 32 heavy (non-hydrogen) atoms. The van der Waals surface area contributed by atoms with Gasteiger partial charge in [0.05, 0.1) is 12.2 Å². The van der Waals surface area contributed by atoms with E-state index in [0.29, 0.717) is 31.4 Å². The molecule has 3 aromatic rings. The Bertz CT molecular complexity index is 1090. The van der Waals surface area contributed by atoms with Crippen LogP contribution in [0, 0.1) is 5.82 Å². The average Bonchev–Trinajstić information content (AvgIpc) is 3.18. The number of benzene rings is 1. The zero-order valence-corrected chi connectivity index (χ0v) is 18.2. The van der Waals surface area contributed by atoms with Crippen LogP contribution in [-0.2, 0) is 6.54 Å². The van der Waals surface area contributed by atoms with Gasteiger partial charge in [0.1, 0.15) is 17.2 Å². The lowest BCUT2D eigenvalue weighted by Gasteiger charge is -2.35. The number of rotatable bonds is 4. The number of nitrogens with zero attached hydrogens (tertiary/aromatic N) is 5. The molecule has 0 radical (unpaired) electrons. The topological polar surface area (TPSA) is 66.3 Å². The summed E-state index contributed by atoms with van der Waals surface area (Å²) in [5.41, 5.74) is 2.22. The number of hydrogen-bond acceptors (Lipinski definition) is 4. The molecule has 2 aliphatic rings. The molecule has 0 spiro atoms. The average molecular weight is 437 g/mol. The lowest BCUT2D eigenvalue weighted by atomic mass is 9.96. The van der Waals surface area contributed by atoms with E-state index in [-0.39, 0.29) is 11.8 Å². The number of piperazine rings is 1. The summed E-state index contributed by atoms with van der Waals surface area (Å²) in [4.78, 5) is 26.1. The molecule has 2 aromatic heterocycles. The quantitative estimate of drug-likeness (QED) is 0.677. The maximum absolute atomic E-state index is 13.9. The Morgan fingerprint density at radius 1 is 1.06 bits per heavy atom. The van der Waals surface area contributed by atoms with Gasteiger partial charge in [-0.15, -0.1) is 0 Å². The Morgan fingerprint density at radius 2 is 1.88 bits per heavy atom. The second kappa shape index (κ2) is 9.24. The fraction of sp³-hybridized carbons (Fsp3) is 0.458. The summed E-state index contributed by atoms with van der Waals surface area (Å²) < 4.78 is 15.9. The number of aromatic nitrogens is 3. The minimum atomic E-state index is -0.288. The Hall–Kier alpha value is -3.00. The molecule has 2 fully saturated rings. The third-order valence-corrected chi connectivity index (χ3v) is 6.51. The van der Waals surface area contributed by atoms with Gasteiger partial charge < -0.3 is 10.2 Å². The minimum absolute atomic E-state index is 0.0627. The SMILES string of the molecule is O=C(NC1CCCCC1)N1CCN(Cc2nc3cccnc3n2-c2cccc(F)c2)CC1. The van der Waals surface area contributed by atoms with Crippen LogP contribution < -0.4 is 5.32 Å². The molecule has 1 saturated carbocycles. The van der Waals surface area contributed by atoms with Gasteiger partial charge in [-0.3, -0.25) is 9.47 Å². The fourth-order valence-electron chi connectivity index (χ4n) is 4.77. The second-order valence-electron chi connectivity index (χ2n) is 8.74. The van der Waals surface area contributed by atoms with Crippen LogP contribution in [0.5, 0.6) is 0 Å².